The molecule has 4 nitrogen and oxygen atoms in total. The molecule has 0 aliphatic rings. The van der Waals surface area contributed by atoms with Gasteiger partial charge in [-0.25, -0.2) is 0 Å². The van der Waals surface area contributed by atoms with Gasteiger partial charge in [-0.1, -0.05) is 28.9 Å². The summed E-state index contributed by atoms with van der Waals surface area (Å²) in [6, 6.07) is 7.38. The van der Waals surface area contributed by atoms with Gasteiger partial charge < -0.3 is 9.63 Å². The van der Waals surface area contributed by atoms with Crippen LogP contribution < -0.4 is 0 Å². The van der Waals surface area contributed by atoms with E-state index in [4.69, 9.17) is 21.2 Å². The lowest BCUT2D eigenvalue weighted by Crippen LogP contribution is -1.89. The van der Waals surface area contributed by atoms with E-state index in [1.807, 2.05) is 18.2 Å². The van der Waals surface area contributed by atoms with E-state index in [1.165, 1.54) is 0 Å². The maximum Gasteiger partial charge on any atom is 0.226 e. The highest BCUT2D eigenvalue weighted by molar-refractivity contribution is 6.33. The lowest BCUT2D eigenvalue weighted by Gasteiger charge is -1.96. The molecule has 0 fully saturated rings. The zero-order chi connectivity index (χ0) is 12.1. The number of nitrogens with zero attached hydrogens (tertiary/aromatic N) is 2. The fourth-order valence-electron chi connectivity index (χ4n) is 1.50. The topological polar surface area (TPSA) is 59.2 Å². The van der Waals surface area contributed by atoms with Crippen molar-refractivity contribution in [1.82, 2.24) is 10.1 Å². The van der Waals surface area contributed by atoms with Crippen molar-refractivity contribution in [2.45, 2.75) is 19.3 Å². The van der Waals surface area contributed by atoms with Crippen LogP contribution in [0.4, 0.5) is 0 Å². The molecule has 17 heavy (non-hydrogen) atoms. The van der Waals surface area contributed by atoms with E-state index in [0.717, 1.165) is 18.4 Å². The Labute approximate surface area is 104 Å². The Kier molecular flexibility index (Phi) is 4.12. The van der Waals surface area contributed by atoms with Crippen molar-refractivity contribution in [1.29, 1.82) is 0 Å². The number of halogens is 1. The molecular formula is C12H13ClN2O2. The van der Waals surface area contributed by atoms with Gasteiger partial charge in [0.2, 0.25) is 11.7 Å². The molecule has 0 aliphatic heterocycles. The van der Waals surface area contributed by atoms with Gasteiger partial charge in [-0.05, 0) is 25.0 Å². The van der Waals surface area contributed by atoms with Gasteiger partial charge >= 0.3 is 0 Å². The summed E-state index contributed by atoms with van der Waals surface area (Å²) in [4.78, 5) is 4.27. The second-order valence-electron chi connectivity index (χ2n) is 3.67. The highest BCUT2D eigenvalue weighted by atomic mass is 35.5. The van der Waals surface area contributed by atoms with Gasteiger partial charge in [-0.15, -0.1) is 0 Å². The van der Waals surface area contributed by atoms with Crippen molar-refractivity contribution in [2.75, 3.05) is 6.61 Å². The van der Waals surface area contributed by atoms with Gasteiger partial charge in [-0.3, -0.25) is 0 Å². The molecule has 0 bridgehead atoms. The van der Waals surface area contributed by atoms with Crippen LogP contribution in [0.15, 0.2) is 28.8 Å². The molecule has 2 aromatic rings. The highest BCUT2D eigenvalue weighted by Gasteiger charge is 2.10. The molecule has 1 aromatic carbocycles. The number of aryl methyl sites for hydroxylation is 1. The fourth-order valence-corrected chi connectivity index (χ4v) is 1.72. The normalized spacial score (nSPS) is 10.7. The third kappa shape index (κ3) is 3.05. The van der Waals surface area contributed by atoms with Crippen LogP contribution in [-0.4, -0.2) is 21.9 Å². The van der Waals surface area contributed by atoms with Crippen LogP contribution in [0.25, 0.3) is 11.4 Å². The van der Waals surface area contributed by atoms with Crippen LogP contribution in [0.1, 0.15) is 18.7 Å². The van der Waals surface area contributed by atoms with Gasteiger partial charge in [-0.2, -0.15) is 4.98 Å². The fraction of sp³-hybridized carbons (Fsp3) is 0.333. The average Bonchev–Trinajstić information content (AvgIpc) is 2.79. The maximum absolute atomic E-state index is 8.68. The van der Waals surface area contributed by atoms with Crippen molar-refractivity contribution in [2.24, 2.45) is 0 Å². The second-order valence-corrected chi connectivity index (χ2v) is 4.08. The Morgan fingerprint density at radius 2 is 2.06 bits per heavy atom. The largest absolute Gasteiger partial charge is 0.396 e. The van der Waals surface area contributed by atoms with Crippen LogP contribution in [0.2, 0.25) is 5.02 Å². The Balaban J connectivity index is 2.10. The summed E-state index contributed by atoms with van der Waals surface area (Å²) in [5.74, 6) is 1.09. The van der Waals surface area contributed by atoms with Crippen LogP contribution >= 0.6 is 11.6 Å². The third-order valence-electron chi connectivity index (χ3n) is 2.38. The average molecular weight is 253 g/mol. The minimum Gasteiger partial charge on any atom is -0.396 e. The first-order valence-corrected chi connectivity index (χ1v) is 5.87. The summed E-state index contributed by atoms with van der Waals surface area (Å²) >= 11 is 6.04. The number of benzene rings is 1. The van der Waals surface area contributed by atoms with Gasteiger partial charge in [0.15, 0.2) is 0 Å². The highest BCUT2D eigenvalue weighted by Crippen LogP contribution is 2.24. The number of rotatable bonds is 5. The van der Waals surface area contributed by atoms with Crippen LogP contribution in [0.3, 0.4) is 0 Å². The molecule has 0 unspecified atom stereocenters. The standard InChI is InChI=1S/C12H13ClN2O2/c13-10-6-2-1-5-9(10)12-14-11(17-15-12)7-3-4-8-16/h1-2,5-6,16H,3-4,7-8H2. The first-order chi connectivity index (χ1) is 8.31. The molecule has 90 valence electrons. The Hall–Kier alpha value is -1.39. The number of unbranched alkanes of at least 4 members (excludes halogenated alkanes) is 1. The number of aromatic nitrogens is 2. The van der Waals surface area contributed by atoms with Crippen LogP contribution in [0, 0.1) is 0 Å². The Morgan fingerprint density at radius 3 is 2.82 bits per heavy atom. The van der Waals surface area contributed by atoms with Crippen LogP contribution in [-0.2, 0) is 6.42 Å². The lowest BCUT2D eigenvalue weighted by atomic mass is 10.2. The number of aliphatic hydroxyl groups is 1. The Morgan fingerprint density at radius 1 is 1.24 bits per heavy atom. The molecule has 1 N–H and O–H groups in total. The molecule has 1 aromatic heterocycles. The van der Waals surface area contributed by atoms with Crippen LogP contribution in [0.5, 0.6) is 0 Å². The van der Waals surface area contributed by atoms with Crippen molar-refractivity contribution in [3.8, 4) is 11.4 Å². The van der Waals surface area contributed by atoms with Gasteiger partial charge in [0.25, 0.3) is 0 Å². The van der Waals surface area contributed by atoms with E-state index in [0.29, 0.717) is 23.2 Å². The SMILES string of the molecule is OCCCCc1nc(-c2ccccc2Cl)no1. The molecule has 1 heterocycles. The number of hydrogen-bond acceptors (Lipinski definition) is 4. The van der Waals surface area contributed by atoms with E-state index in [2.05, 4.69) is 10.1 Å². The summed E-state index contributed by atoms with van der Waals surface area (Å²) in [5, 5.41) is 13.2. The van der Waals surface area contributed by atoms with E-state index in [1.54, 1.807) is 6.07 Å². The maximum atomic E-state index is 8.68. The molecule has 0 saturated heterocycles. The zero-order valence-electron chi connectivity index (χ0n) is 9.27. The summed E-state index contributed by atoms with van der Waals surface area (Å²) in [5.41, 5.74) is 0.770. The van der Waals surface area contributed by atoms with E-state index in [9.17, 15) is 0 Å². The molecular weight excluding hydrogens is 240 g/mol. The monoisotopic (exact) mass is 252 g/mol. The first kappa shape index (κ1) is 12.1. The van der Waals surface area contributed by atoms with E-state index < -0.39 is 0 Å². The first-order valence-electron chi connectivity index (χ1n) is 5.49. The number of aliphatic hydroxyl groups excluding tert-OH is 1. The lowest BCUT2D eigenvalue weighted by molar-refractivity contribution is 0.281. The summed E-state index contributed by atoms with van der Waals surface area (Å²) in [6.07, 6.45) is 2.25. The van der Waals surface area contributed by atoms with Gasteiger partial charge in [0.1, 0.15) is 0 Å². The van der Waals surface area contributed by atoms with Crippen molar-refractivity contribution < 1.29 is 9.63 Å². The summed E-state index contributed by atoms with van der Waals surface area (Å²) in [6.45, 7) is 0.186. The van der Waals surface area contributed by atoms with Crippen molar-refractivity contribution in [3.05, 3.63) is 35.2 Å². The number of hydrogen-bond donors (Lipinski definition) is 1. The molecule has 0 radical (unpaired) electrons. The molecule has 2 rings (SSSR count). The van der Waals surface area contributed by atoms with Crippen molar-refractivity contribution >= 4 is 11.6 Å². The van der Waals surface area contributed by atoms with Crippen molar-refractivity contribution in [3.63, 3.8) is 0 Å². The second kappa shape index (κ2) is 5.80. The van der Waals surface area contributed by atoms with E-state index >= 15 is 0 Å². The minimum absolute atomic E-state index is 0.186. The van der Waals surface area contributed by atoms with Gasteiger partial charge in [0, 0.05) is 18.6 Å². The molecule has 5 heteroatoms. The third-order valence-corrected chi connectivity index (χ3v) is 2.71. The van der Waals surface area contributed by atoms with Gasteiger partial charge in [0.05, 0.1) is 5.02 Å². The molecule has 0 saturated carbocycles. The van der Waals surface area contributed by atoms with E-state index in [-0.39, 0.29) is 6.61 Å². The predicted molar refractivity (Wildman–Crippen MR) is 64.8 cm³/mol. The summed E-state index contributed by atoms with van der Waals surface area (Å²) < 4.78 is 5.12. The smallest absolute Gasteiger partial charge is 0.226 e. The summed E-state index contributed by atoms with van der Waals surface area (Å²) in [7, 11) is 0. The predicted octanol–water partition coefficient (Wildman–Crippen LogP) is 2.71. The molecule has 0 spiro atoms. The molecule has 0 aliphatic carbocycles. The molecule has 0 atom stereocenters. The minimum atomic E-state index is 0.186. The zero-order valence-corrected chi connectivity index (χ0v) is 10.0. The molecule has 0 amide bonds. The quantitative estimate of drug-likeness (QED) is 0.832. The Bertz CT molecular complexity index is 485.